The van der Waals surface area contributed by atoms with Gasteiger partial charge in [-0.1, -0.05) is 10.1 Å². The van der Waals surface area contributed by atoms with Gasteiger partial charge in [0.15, 0.2) is 0 Å². The van der Waals surface area contributed by atoms with E-state index in [1.54, 1.807) is 0 Å². The maximum atomic E-state index is 14.9. The first-order chi connectivity index (χ1) is 17.1. The molecule has 0 spiro atoms. The van der Waals surface area contributed by atoms with Crippen molar-refractivity contribution in [3.63, 3.8) is 0 Å². The largest absolute Gasteiger partial charge is 0.285 e. The molecule has 0 aliphatic heterocycles. The molecule has 2 aromatic rings. The number of sulfone groups is 1. The van der Waals surface area contributed by atoms with E-state index in [9.17, 15) is 34.0 Å². The van der Waals surface area contributed by atoms with E-state index < -0.39 is 85.6 Å². The third-order valence-corrected chi connectivity index (χ3v) is 8.51. The van der Waals surface area contributed by atoms with Crippen LogP contribution in [0.3, 0.4) is 0 Å². The molecular weight excluding hydrogens is 614 g/mol. The van der Waals surface area contributed by atoms with Crippen LogP contribution in [-0.2, 0) is 71.8 Å². The second kappa shape index (κ2) is 13.1. The van der Waals surface area contributed by atoms with Crippen LogP contribution in [0.5, 0.6) is 0 Å². The molecule has 0 saturated carbocycles. The van der Waals surface area contributed by atoms with Crippen molar-refractivity contribution < 1.29 is 72.4 Å². The van der Waals surface area contributed by atoms with E-state index in [4.69, 9.17) is 19.6 Å². The second-order valence-electron chi connectivity index (χ2n) is 6.88. The summed E-state index contributed by atoms with van der Waals surface area (Å²) in [5, 5.41) is 23.2. The molecule has 0 aliphatic carbocycles. The molecule has 0 aromatic heterocycles. The van der Waals surface area contributed by atoms with Crippen LogP contribution < -0.4 is 0 Å². The molecule has 0 radical (unpaired) electrons. The zero-order valence-electron chi connectivity index (χ0n) is 17.8. The van der Waals surface area contributed by atoms with Crippen molar-refractivity contribution in [2.24, 2.45) is 0 Å². The lowest BCUT2D eigenvalue weighted by Crippen LogP contribution is -2.13. The summed E-state index contributed by atoms with van der Waals surface area (Å²) in [6, 6.07) is 2.65. The third kappa shape index (κ3) is 9.35. The Hall–Kier alpha value is -1.47. The van der Waals surface area contributed by atoms with Crippen LogP contribution in [-0.4, -0.2) is 44.9 Å². The fraction of sp³-hybridized carbons (Fsp3) is 0.250. The normalized spacial score (nSPS) is 12.7. The van der Waals surface area contributed by atoms with Gasteiger partial charge in [0, 0.05) is 46.3 Å². The Morgan fingerprint density at radius 1 is 0.649 bits per heavy atom. The van der Waals surface area contributed by atoms with E-state index in [0.717, 1.165) is 12.1 Å². The summed E-state index contributed by atoms with van der Waals surface area (Å²) >= 11 is 0.688. The summed E-state index contributed by atoms with van der Waals surface area (Å²) in [6.45, 7) is 0. The summed E-state index contributed by atoms with van der Waals surface area (Å²) in [5.41, 5.74) is -2.53. The molecule has 208 valence electrons. The Morgan fingerprint density at radius 3 is 1.30 bits per heavy atom. The molecule has 0 unspecified atom stereocenters. The molecule has 0 fully saturated rings. The number of benzene rings is 2. The molecule has 0 aliphatic rings. The molecule has 37 heavy (non-hydrogen) atoms. The van der Waals surface area contributed by atoms with E-state index in [-0.39, 0.29) is 11.1 Å². The van der Waals surface area contributed by atoms with Gasteiger partial charge in [0.2, 0.25) is 9.84 Å². The zero-order valence-corrected chi connectivity index (χ0v) is 21.9. The topological polar surface area (TPSA) is 220 Å². The highest BCUT2D eigenvalue weighted by Gasteiger charge is 2.27. The summed E-state index contributed by atoms with van der Waals surface area (Å²) < 4.78 is 128. The van der Waals surface area contributed by atoms with Crippen molar-refractivity contribution in [1.82, 2.24) is 0 Å². The number of rotatable bonds is 14. The highest BCUT2D eigenvalue weighted by atomic mass is 32.2. The quantitative estimate of drug-likeness (QED) is 0.0588. The minimum absolute atomic E-state index is 0.331. The van der Waals surface area contributed by atoms with Crippen molar-refractivity contribution in [3.8, 4) is 0 Å². The predicted octanol–water partition coefficient (Wildman–Crippen LogP) is 2.71. The van der Waals surface area contributed by atoms with E-state index in [2.05, 4.69) is 18.7 Å². The molecule has 21 heteroatoms. The first kappa shape index (κ1) is 31.7. The molecule has 0 amide bonds. The van der Waals surface area contributed by atoms with Crippen molar-refractivity contribution in [2.75, 3.05) is 0 Å². The predicted molar refractivity (Wildman–Crippen MR) is 121 cm³/mol. The molecule has 14 nitrogen and oxygen atoms in total. The fourth-order valence-corrected chi connectivity index (χ4v) is 6.44. The summed E-state index contributed by atoms with van der Waals surface area (Å²) in [6.07, 6.45) is 0. The second-order valence-corrected chi connectivity index (χ2v) is 13.1. The number of hydrogen-bond acceptors (Lipinski definition) is 14. The smallest absolute Gasteiger partial charge is 0.269 e. The third-order valence-electron chi connectivity index (χ3n) is 4.28. The summed E-state index contributed by atoms with van der Waals surface area (Å²) in [4.78, 5) is -1.52. The summed E-state index contributed by atoms with van der Waals surface area (Å²) in [5.74, 6) is -6.23. The van der Waals surface area contributed by atoms with Crippen LogP contribution in [0.4, 0.5) is 8.78 Å². The highest BCUT2D eigenvalue weighted by molar-refractivity contribution is 7.94. The van der Waals surface area contributed by atoms with Gasteiger partial charge in [-0.25, -0.2) is 27.7 Å². The molecule has 2 rings (SSSR count). The van der Waals surface area contributed by atoms with Crippen molar-refractivity contribution in [1.29, 1.82) is 0 Å². The van der Waals surface area contributed by atoms with Gasteiger partial charge < -0.3 is 0 Å². The van der Waals surface area contributed by atoms with Crippen molar-refractivity contribution in [2.45, 2.75) is 32.8 Å². The average Bonchev–Trinajstić information content (AvgIpc) is 2.76. The van der Waals surface area contributed by atoms with Crippen molar-refractivity contribution >= 4 is 54.2 Å². The maximum absolute atomic E-state index is 14.9. The van der Waals surface area contributed by atoms with Gasteiger partial charge in [-0.05, 0) is 24.3 Å². The Bertz CT molecular complexity index is 1360. The first-order valence-corrected chi connectivity index (χ1v) is 15.6. The minimum atomic E-state index is -4.93. The van der Waals surface area contributed by atoms with Gasteiger partial charge in [-0.15, -0.1) is 8.67 Å². The monoisotopic (exact) mass is 630 g/mol. The molecule has 0 atom stereocenters. The lowest BCUT2D eigenvalue weighted by Gasteiger charge is -2.14. The Labute approximate surface area is 217 Å². The molecule has 0 bridgehead atoms. The Morgan fingerprint density at radius 2 is 0.973 bits per heavy atom. The van der Waals surface area contributed by atoms with Gasteiger partial charge in [-0.3, -0.25) is 9.11 Å². The molecule has 4 N–H and O–H groups in total. The van der Waals surface area contributed by atoms with Gasteiger partial charge >= 0.3 is 0 Å². The lowest BCUT2D eigenvalue weighted by atomic mass is 10.1. The van der Waals surface area contributed by atoms with Crippen molar-refractivity contribution in [3.05, 3.63) is 58.2 Å². The van der Waals surface area contributed by atoms with Crippen LogP contribution in [0.15, 0.2) is 34.1 Å². The van der Waals surface area contributed by atoms with Crippen LogP contribution in [0, 0.1) is 11.6 Å². The Kier molecular flexibility index (Phi) is 11.2. The Balaban J connectivity index is 2.73. The molecule has 2 aromatic carbocycles. The maximum Gasteiger partial charge on any atom is 0.269 e. The van der Waals surface area contributed by atoms with Crippen LogP contribution in [0.2, 0.25) is 0 Å². The standard InChI is InChI=1S/C16H16F2O14S5/c17-15-9(5-33-31-29-19)1-13(2-10(15)6-34-32-30-20)37(27,28)14-3-11(7-35(21,22)23)16(18)12(4-14)8-36(24,25)26/h1-4,19-20H,5-8H2,(H,21,22,23)(H,24,25,26). The van der Waals surface area contributed by atoms with E-state index in [0.29, 0.717) is 36.2 Å². The van der Waals surface area contributed by atoms with Gasteiger partial charge in [0.05, 0.1) is 21.3 Å². The first-order valence-electron chi connectivity index (χ1n) is 9.06. The van der Waals surface area contributed by atoms with Crippen LogP contribution >= 0.6 is 24.1 Å². The van der Waals surface area contributed by atoms with E-state index in [1.807, 2.05) is 0 Å². The fourth-order valence-electron chi connectivity index (χ4n) is 2.91. The highest BCUT2D eigenvalue weighted by Crippen LogP contribution is 2.32. The SMILES string of the molecule is O=S(=O)(O)Cc1cc(S(=O)(=O)c2cc(CSOOO)c(F)c(CSOOO)c2)cc(CS(=O)(=O)O)c1F. The van der Waals surface area contributed by atoms with Gasteiger partial charge in [-0.2, -0.15) is 16.8 Å². The zero-order chi connectivity index (χ0) is 28.0. The lowest BCUT2D eigenvalue weighted by molar-refractivity contribution is -0.432. The summed E-state index contributed by atoms with van der Waals surface area (Å²) in [7, 11) is -14.6. The average molecular weight is 631 g/mol. The van der Waals surface area contributed by atoms with E-state index in [1.165, 1.54) is 0 Å². The van der Waals surface area contributed by atoms with E-state index >= 15 is 0 Å². The van der Waals surface area contributed by atoms with Gasteiger partial charge in [0.1, 0.15) is 23.1 Å². The molecule has 0 saturated heterocycles. The molecule has 0 heterocycles. The number of hydrogen-bond donors (Lipinski definition) is 4. The van der Waals surface area contributed by atoms with Gasteiger partial charge in [0.25, 0.3) is 20.2 Å². The van der Waals surface area contributed by atoms with Crippen LogP contribution in [0.1, 0.15) is 22.3 Å². The molecular formula is C16H16F2O14S5. The minimum Gasteiger partial charge on any atom is -0.285 e. The van der Waals surface area contributed by atoms with Crippen LogP contribution in [0.25, 0.3) is 0 Å². The number of halogens is 2.